The molecule has 1 aromatic heterocycles. The predicted molar refractivity (Wildman–Crippen MR) is 150 cm³/mol. The first kappa shape index (κ1) is 26.9. The smallest absolute Gasteiger partial charge is 0.264 e. The van der Waals surface area contributed by atoms with Crippen molar-refractivity contribution in [1.29, 1.82) is 0 Å². The molecule has 0 radical (unpaired) electrons. The van der Waals surface area contributed by atoms with Gasteiger partial charge in [-0.15, -0.1) is 0 Å². The highest BCUT2D eigenvalue weighted by atomic mass is 32.2. The lowest BCUT2D eigenvalue weighted by Crippen LogP contribution is -2.51. The van der Waals surface area contributed by atoms with Crippen molar-refractivity contribution in [2.24, 2.45) is 0 Å². The number of piperidine rings is 2. The third-order valence-corrected chi connectivity index (χ3v) is 9.81. The molecule has 0 aliphatic carbocycles. The van der Waals surface area contributed by atoms with Gasteiger partial charge in [0.2, 0.25) is 15.9 Å². The summed E-state index contributed by atoms with van der Waals surface area (Å²) >= 11 is 0. The number of nitrogens with one attached hydrogen (secondary N) is 2. The van der Waals surface area contributed by atoms with Crippen LogP contribution in [0.25, 0.3) is 0 Å². The number of hydrogen-bond acceptors (Lipinski definition) is 7. The van der Waals surface area contributed by atoms with E-state index in [0.29, 0.717) is 61.6 Å². The van der Waals surface area contributed by atoms with E-state index in [-0.39, 0.29) is 17.2 Å². The van der Waals surface area contributed by atoms with E-state index in [1.807, 2.05) is 10.9 Å². The quantitative estimate of drug-likeness (QED) is 0.415. The van der Waals surface area contributed by atoms with Gasteiger partial charge in [-0.3, -0.25) is 24.0 Å². The second kappa shape index (κ2) is 10.6. The maximum atomic E-state index is 13.4. The lowest BCUT2D eigenvalue weighted by molar-refractivity contribution is -0.125. The Hall–Kier alpha value is -4.29. The van der Waals surface area contributed by atoms with Crippen LogP contribution in [0.1, 0.15) is 58.0 Å². The Morgan fingerprint density at radius 1 is 0.976 bits per heavy atom. The van der Waals surface area contributed by atoms with Gasteiger partial charge in [0.25, 0.3) is 11.8 Å². The Morgan fingerprint density at radius 3 is 2.46 bits per heavy atom. The van der Waals surface area contributed by atoms with E-state index in [0.717, 1.165) is 10.5 Å². The fourth-order valence-corrected chi connectivity index (χ4v) is 7.19. The van der Waals surface area contributed by atoms with Crippen molar-refractivity contribution >= 4 is 33.4 Å². The first-order chi connectivity index (χ1) is 19.7. The first-order valence-corrected chi connectivity index (χ1v) is 15.0. The van der Waals surface area contributed by atoms with Crippen LogP contribution in [0.4, 0.5) is 5.69 Å². The van der Waals surface area contributed by atoms with E-state index < -0.39 is 33.8 Å². The Morgan fingerprint density at radius 2 is 1.73 bits per heavy atom. The fraction of sp³-hybridized carbons (Fsp3) is 0.310. The number of aromatic nitrogens is 2. The number of amides is 3. The molecule has 41 heavy (non-hydrogen) atoms. The van der Waals surface area contributed by atoms with Crippen LogP contribution in [0.2, 0.25) is 0 Å². The molecule has 0 saturated carbocycles. The largest absolute Gasteiger partial charge is 0.380 e. The summed E-state index contributed by atoms with van der Waals surface area (Å²) < 4.78 is 29.3. The Bertz CT molecular complexity index is 1640. The summed E-state index contributed by atoms with van der Waals surface area (Å²) in [5, 5.41) is 10.4. The molecule has 1 unspecified atom stereocenters. The van der Waals surface area contributed by atoms with Crippen molar-refractivity contribution < 1.29 is 22.8 Å². The van der Waals surface area contributed by atoms with Gasteiger partial charge in [-0.1, -0.05) is 30.8 Å². The SMILES string of the molecule is C=C1CCC(N2C(=O)c3cccc(NCc4cnn(C5CCN(S(=O)(=O)c6ccccc6)CC5)c4)c3C2=O)C(=O)N1. The van der Waals surface area contributed by atoms with Gasteiger partial charge in [-0.25, -0.2) is 8.42 Å². The van der Waals surface area contributed by atoms with Gasteiger partial charge in [-0.05, 0) is 49.9 Å². The lowest BCUT2D eigenvalue weighted by Gasteiger charge is -2.31. The van der Waals surface area contributed by atoms with E-state index in [4.69, 9.17) is 0 Å². The van der Waals surface area contributed by atoms with E-state index in [1.54, 1.807) is 54.7 Å². The molecular weight excluding hydrogens is 544 g/mol. The molecule has 3 aliphatic heterocycles. The minimum absolute atomic E-state index is 0.0671. The van der Waals surface area contributed by atoms with E-state index in [9.17, 15) is 22.8 Å². The molecule has 2 aromatic carbocycles. The highest BCUT2D eigenvalue weighted by Crippen LogP contribution is 2.33. The number of fused-ring (bicyclic) bond motifs is 1. The second-order valence-electron chi connectivity index (χ2n) is 10.5. The standard InChI is InChI=1S/C29H30N6O5S/c1-19-10-11-25(27(36)32-19)35-28(37)23-8-5-9-24(26(23)29(35)38)30-16-20-17-31-34(18-20)21-12-14-33(15-13-21)41(39,40)22-6-3-2-4-7-22/h2-9,17-18,21,25,30H,1,10-16H2,(H,32,36). The number of nitrogens with zero attached hydrogens (tertiary/aromatic N) is 4. The molecule has 2 N–H and O–H groups in total. The number of sulfonamides is 1. The maximum absolute atomic E-state index is 13.4. The van der Waals surface area contributed by atoms with E-state index >= 15 is 0 Å². The van der Waals surface area contributed by atoms with E-state index in [1.165, 1.54) is 4.31 Å². The van der Waals surface area contributed by atoms with Crippen LogP contribution in [-0.2, 0) is 21.4 Å². The van der Waals surface area contributed by atoms with Gasteiger partial charge in [0, 0.05) is 42.8 Å². The monoisotopic (exact) mass is 574 g/mol. The summed E-state index contributed by atoms with van der Waals surface area (Å²) in [7, 11) is -3.52. The topological polar surface area (TPSA) is 134 Å². The summed E-state index contributed by atoms with van der Waals surface area (Å²) in [5.74, 6) is -1.37. The number of allylic oxidation sites excluding steroid dienone is 1. The summed E-state index contributed by atoms with van der Waals surface area (Å²) in [4.78, 5) is 40.4. The van der Waals surface area contributed by atoms with Gasteiger partial charge in [0.1, 0.15) is 6.04 Å². The highest BCUT2D eigenvalue weighted by molar-refractivity contribution is 7.89. The van der Waals surface area contributed by atoms with Crippen LogP contribution in [0.15, 0.2) is 78.1 Å². The number of imide groups is 1. The molecule has 2 saturated heterocycles. The third kappa shape index (κ3) is 4.93. The normalized spacial score (nSPS) is 20.3. The van der Waals surface area contributed by atoms with Crippen LogP contribution in [0, 0.1) is 0 Å². The fourth-order valence-electron chi connectivity index (χ4n) is 5.70. The molecule has 4 heterocycles. The van der Waals surface area contributed by atoms with Gasteiger partial charge < -0.3 is 10.6 Å². The van der Waals surface area contributed by atoms with Crippen molar-refractivity contribution in [3.63, 3.8) is 0 Å². The Balaban J connectivity index is 1.10. The summed E-state index contributed by atoms with van der Waals surface area (Å²) in [6.07, 6.45) is 5.78. The van der Waals surface area contributed by atoms with Crippen LogP contribution < -0.4 is 10.6 Å². The first-order valence-electron chi connectivity index (χ1n) is 13.6. The molecule has 3 aliphatic rings. The minimum Gasteiger partial charge on any atom is -0.380 e. The predicted octanol–water partition coefficient (Wildman–Crippen LogP) is 2.91. The van der Waals surface area contributed by atoms with Gasteiger partial charge in [0.15, 0.2) is 0 Å². The van der Waals surface area contributed by atoms with Crippen molar-refractivity contribution in [2.45, 2.75) is 49.2 Å². The summed E-state index contributed by atoms with van der Waals surface area (Å²) in [6, 6.07) is 12.7. The molecule has 0 bridgehead atoms. The van der Waals surface area contributed by atoms with Crippen LogP contribution >= 0.6 is 0 Å². The number of carbonyl (C=O) groups excluding carboxylic acids is 3. The molecular formula is C29H30N6O5S. The number of benzene rings is 2. The van der Waals surface area contributed by atoms with Crippen LogP contribution in [0.3, 0.4) is 0 Å². The summed E-state index contributed by atoms with van der Waals surface area (Å²) in [5.41, 5.74) is 2.49. The van der Waals surface area contributed by atoms with Gasteiger partial charge in [-0.2, -0.15) is 9.40 Å². The number of rotatable bonds is 7. The number of anilines is 1. The molecule has 1 atom stereocenters. The molecule has 3 aromatic rings. The van der Waals surface area contributed by atoms with Crippen LogP contribution in [-0.4, -0.2) is 64.3 Å². The third-order valence-electron chi connectivity index (χ3n) is 7.90. The molecule has 6 rings (SSSR count). The molecule has 3 amide bonds. The average Bonchev–Trinajstić information content (AvgIpc) is 3.55. The lowest BCUT2D eigenvalue weighted by atomic mass is 10.0. The molecule has 2 fully saturated rings. The zero-order valence-corrected chi connectivity index (χ0v) is 23.1. The van der Waals surface area contributed by atoms with Crippen molar-refractivity contribution in [1.82, 2.24) is 24.3 Å². The highest BCUT2D eigenvalue weighted by Gasteiger charge is 2.45. The Labute approximate surface area is 237 Å². The number of carbonyl (C=O) groups is 3. The molecule has 0 spiro atoms. The second-order valence-corrected chi connectivity index (χ2v) is 12.4. The van der Waals surface area contributed by atoms with Crippen molar-refractivity contribution in [3.8, 4) is 0 Å². The minimum atomic E-state index is -3.52. The van der Waals surface area contributed by atoms with Gasteiger partial charge >= 0.3 is 0 Å². The Kier molecular flexibility index (Phi) is 6.96. The van der Waals surface area contributed by atoms with Crippen LogP contribution in [0.5, 0.6) is 0 Å². The maximum Gasteiger partial charge on any atom is 0.264 e. The zero-order chi connectivity index (χ0) is 28.7. The molecule has 12 heteroatoms. The van der Waals surface area contributed by atoms with Crippen molar-refractivity contribution in [3.05, 3.63) is 89.9 Å². The molecule has 11 nitrogen and oxygen atoms in total. The average molecular weight is 575 g/mol. The van der Waals surface area contributed by atoms with E-state index in [2.05, 4.69) is 22.3 Å². The van der Waals surface area contributed by atoms with Gasteiger partial charge in [0.05, 0.1) is 28.3 Å². The molecule has 212 valence electrons. The van der Waals surface area contributed by atoms with Crippen molar-refractivity contribution in [2.75, 3.05) is 18.4 Å². The summed E-state index contributed by atoms with van der Waals surface area (Å²) in [6.45, 7) is 4.94. The number of hydrogen-bond donors (Lipinski definition) is 2. The zero-order valence-electron chi connectivity index (χ0n) is 22.3.